The molecule has 164 valence electrons. The molecule has 5 nitrogen and oxygen atoms in total. The number of benzene rings is 3. The molecule has 36 heavy (non-hydrogen) atoms. The Hall–Kier alpha value is -4.30. The van der Waals surface area contributed by atoms with Crippen molar-refractivity contribution in [1.82, 2.24) is 19.9 Å². The van der Waals surface area contributed by atoms with Crippen LogP contribution in [-0.2, 0) is 0 Å². The number of nitrogens with zero attached hydrogens (tertiary/aromatic N) is 4. The average molecular weight is 456 g/mol. The van der Waals surface area contributed by atoms with Crippen molar-refractivity contribution >= 4 is 43.6 Å². The van der Waals surface area contributed by atoms with Crippen LogP contribution in [0.4, 0.5) is 0 Å². The van der Waals surface area contributed by atoms with Gasteiger partial charge in [-0.2, -0.15) is 0 Å². The maximum Gasteiger partial charge on any atom is 1.00 e. The van der Waals surface area contributed by atoms with Crippen molar-refractivity contribution < 1.29 is 24.0 Å². The molecule has 0 aliphatic rings. The third-order valence-corrected chi connectivity index (χ3v) is 6.43. The van der Waals surface area contributed by atoms with Gasteiger partial charge in [0.1, 0.15) is 0 Å². The van der Waals surface area contributed by atoms with Gasteiger partial charge in [0, 0.05) is 33.9 Å². The molecule has 0 N–H and O–H groups in total. The molecule has 0 saturated carbocycles. The Bertz CT molecular complexity index is 1800. The number of hydrogen-bond donors (Lipinski definition) is 0. The zero-order chi connectivity index (χ0) is 23.4. The fourth-order valence-electron chi connectivity index (χ4n) is 4.69. The summed E-state index contributed by atoms with van der Waals surface area (Å²) in [6.45, 7) is 0. The summed E-state index contributed by atoms with van der Waals surface area (Å²) < 4.78 is 0. The van der Waals surface area contributed by atoms with Crippen molar-refractivity contribution in [2.45, 2.75) is 0 Å². The number of pyridine rings is 4. The molecule has 7 aromatic rings. The van der Waals surface area contributed by atoms with Gasteiger partial charge in [-0.05, 0) is 35.4 Å². The number of para-hydroxylation sites is 1. The molecule has 0 aliphatic carbocycles. The quantitative estimate of drug-likeness (QED) is 0.295. The molecule has 0 aliphatic heterocycles. The summed E-state index contributed by atoms with van der Waals surface area (Å²) in [6, 6.07) is 29.3. The van der Waals surface area contributed by atoms with Gasteiger partial charge in [0.25, 0.3) is 0 Å². The van der Waals surface area contributed by atoms with Crippen molar-refractivity contribution in [3.63, 3.8) is 0 Å². The summed E-state index contributed by atoms with van der Waals surface area (Å²) in [6.07, 6.45) is 3.53. The molecule has 7 rings (SSSR count). The molecule has 4 aromatic heterocycles. The van der Waals surface area contributed by atoms with Gasteiger partial charge in [0.15, 0.2) is 0 Å². The van der Waals surface area contributed by atoms with Crippen LogP contribution in [0.5, 0.6) is 5.75 Å². The molecule has 0 bridgehead atoms. The van der Waals surface area contributed by atoms with E-state index >= 15 is 0 Å². The van der Waals surface area contributed by atoms with Crippen LogP contribution in [0, 0.1) is 0 Å². The maximum atomic E-state index is 13.7. The van der Waals surface area contributed by atoms with Crippen LogP contribution in [0.25, 0.3) is 66.1 Å². The number of rotatable bonds is 2. The summed E-state index contributed by atoms with van der Waals surface area (Å²) in [4.78, 5) is 18.8. The molecule has 0 saturated heterocycles. The van der Waals surface area contributed by atoms with Crippen LogP contribution >= 0.6 is 0 Å². The third-order valence-electron chi connectivity index (χ3n) is 6.43. The van der Waals surface area contributed by atoms with Gasteiger partial charge in [-0.15, -0.1) is 0 Å². The van der Waals surface area contributed by atoms with E-state index in [1.165, 1.54) is 0 Å². The molecular weight excluding hydrogens is 439 g/mol. The first-order valence-electron chi connectivity index (χ1n) is 11.4. The fraction of sp³-hybridized carbons (Fsp3) is 0. The fourth-order valence-corrected chi connectivity index (χ4v) is 4.69. The molecule has 0 radical (unpaired) electrons. The standard InChI is InChI=1S/C30H18N4O.Li/c35-30-22(24-14-12-20-10-8-18-4-2-16-31-26(18)28(20)33-24)6-1-7-23(30)25-15-13-21-11-9-19-5-3-17-32-27(19)29(21)34-25;/h1-17,35H;/q;+1/p-1. The summed E-state index contributed by atoms with van der Waals surface area (Å²) >= 11 is 0. The molecule has 0 atom stereocenters. The largest absolute Gasteiger partial charge is 1.00 e. The van der Waals surface area contributed by atoms with Crippen LogP contribution in [0.3, 0.4) is 0 Å². The van der Waals surface area contributed by atoms with Crippen LogP contribution in [0.2, 0.25) is 0 Å². The Morgan fingerprint density at radius 2 is 0.861 bits per heavy atom. The Balaban J connectivity index is 0.00000240. The van der Waals surface area contributed by atoms with Crippen molar-refractivity contribution in [3.8, 4) is 28.3 Å². The first-order valence-corrected chi connectivity index (χ1v) is 11.4. The van der Waals surface area contributed by atoms with Gasteiger partial charge < -0.3 is 5.11 Å². The van der Waals surface area contributed by atoms with Gasteiger partial charge in [0.05, 0.1) is 33.5 Å². The molecule has 4 heterocycles. The van der Waals surface area contributed by atoms with E-state index in [4.69, 9.17) is 9.97 Å². The van der Waals surface area contributed by atoms with Crippen molar-refractivity contribution in [2.24, 2.45) is 0 Å². The molecule has 6 heteroatoms. The predicted molar refractivity (Wildman–Crippen MR) is 138 cm³/mol. The second-order valence-electron chi connectivity index (χ2n) is 8.50. The average Bonchev–Trinajstić information content (AvgIpc) is 2.92. The molecule has 0 amide bonds. The van der Waals surface area contributed by atoms with E-state index in [0.29, 0.717) is 22.5 Å². The molecule has 0 unspecified atom stereocenters. The van der Waals surface area contributed by atoms with E-state index in [9.17, 15) is 5.11 Å². The Morgan fingerprint density at radius 3 is 1.33 bits per heavy atom. The zero-order valence-corrected chi connectivity index (χ0v) is 19.5. The minimum Gasteiger partial charge on any atom is -0.872 e. The second-order valence-corrected chi connectivity index (χ2v) is 8.50. The van der Waals surface area contributed by atoms with Gasteiger partial charge >= 0.3 is 18.9 Å². The zero-order valence-electron chi connectivity index (χ0n) is 19.5. The topological polar surface area (TPSA) is 74.6 Å². The van der Waals surface area contributed by atoms with Crippen LogP contribution in [0.1, 0.15) is 0 Å². The monoisotopic (exact) mass is 456 g/mol. The van der Waals surface area contributed by atoms with E-state index in [1.54, 1.807) is 12.4 Å². The molecule has 0 fully saturated rings. The molecule has 3 aromatic carbocycles. The van der Waals surface area contributed by atoms with Crippen LogP contribution < -0.4 is 24.0 Å². The Morgan fingerprint density at radius 1 is 0.444 bits per heavy atom. The predicted octanol–water partition coefficient (Wildman–Crippen LogP) is 3.29. The number of hydrogen-bond acceptors (Lipinski definition) is 5. The SMILES string of the molecule is [Li+].[O-]c1c(-c2ccc3ccc4cccnc4c3n2)cccc1-c1ccc2ccc3cccnc3c2n1. The Kier molecular flexibility index (Phi) is 5.38. The molecule has 0 spiro atoms. The summed E-state index contributed by atoms with van der Waals surface area (Å²) in [5.74, 6) is -0.104. The summed E-state index contributed by atoms with van der Waals surface area (Å²) in [7, 11) is 0. The van der Waals surface area contributed by atoms with E-state index in [2.05, 4.69) is 9.97 Å². The second kappa shape index (κ2) is 8.73. The van der Waals surface area contributed by atoms with Crippen molar-refractivity contribution in [3.05, 3.63) is 103 Å². The summed E-state index contributed by atoms with van der Waals surface area (Å²) in [5, 5.41) is 17.7. The van der Waals surface area contributed by atoms with E-state index in [-0.39, 0.29) is 24.6 Å². The minimum atomic E-state index is -0.104. The molecular formula is C30H17LiN4O. The summed E-state index contributed by atoms with van der Waals surface area (Å²) in [5.41, 5.74) is 5.53. The smallest absolute Gasteiger partial charge is 0.872 e. The van der Waals surface area contributed by atoms with E-state index < -0.39 is 0 Å². The maximum absolute atomic E-state index is 13.7. The van der Waals surface area contributed by atoms with Gasteiger partial charge in [-0.25, -0.2) is 9.97 Å². The van der Waals surface area contributed by atoms with E-state index in [1.807, 2.05) is 91.0 Å². The van der Waals surface area contributed by atoms with Crippen molar-refractivity contribution in [1.29, 1.82) is 0 Å². The Labute approximate surface area is 218 Å². The first kappa shape index (κ1) is 22.2. The number of aromatic nitrogens is 4. The van der Waals surface area contributed by atoms with Gasteiger partial charge in [0.2, 0.25) is 0 Å². The van der Waals surface area contributed by atoms with Gasteiger partial charge in [-0.1, -0.05) is 72.5 Å². The van der Waals surface area contributed by atoms with Crippen LogP contribution in [0.15, 0.2) is 103 Å². The first-order chi connectivity index (χ1) is 17.3. The van der Waals surface area contributed by atoms with Gasteiger partial charge in [-0.3, -0.25) is 9.97 Å². The number of fused-ring (bicyclic) bond motifs is 6. The normalized spacial score (nSPS) is 11.2. The third kappa shape index (κ3) is 3.49. The van der Waals surface area contributed by atoms with E-state index in [0.717, 1.165) is 43.6 Å². The van der Waals surface area contributed by atoms with Crippen LogP contribution in [-0.4, -0.2) is 19.9 Å². The van der Waals surface area contributed by atoms with Crippen molar-refractivity contribution in [2.75, 3.05) is 0 Å². The minimum absolute atomic E-state index is 0.